The van der Waals surface area contributed by atoms with E-state index in [0.29, 0.717) is 19.3 Å². The van der Waals surface area contributed by atoms with Gasteiger partial charge in [-0.3, -0.25) is 32.5 Å². The number of carbonyl (C=O) groups excluding carboxylic acids is 3. The lowest BCUT2D eigenvalue weighted by Gasteiger charge is -2.21. The van der Waals surface area contributed by atoms with Gasteiger partial charge in [-0.25, -0.2) is 9.13 Å². The van der Waals surface area contributed by atoms with E-state index in [1.54, 1.807) is 0 Å². The third-order valence-corrected chi connectivity index (χ3v) is 19.4. The van der Waals surface area contributed by atoms with E-state index in [4.69, 9.17) is 32.3 Å². The summed E-state index contributed by atoms with van der Waals surface area (Å²) >= 11 is 0. The van der Waals surface area contributed by atoms with Crippen molar-refractivity contribution < 1.29 is 75.8 Å². The van der Waals surface area contributed by atoms with E-state index in [2.05, 4.69) is 227 Å². The molecule has 0 aliphatic carbocycles. The van der Waals surface area contributed by atoms with Crippen molar-refractivity contribution in [1.82, 2.24) is 0 Å². The summed E-state index contributed by atoms with van der Waals surface area (Å²) in [7, 11) is -9.83. The van der Waals surface area contributed by atoms with Crippen LogP contribution in [0.3, 0.4) is 0 Å². The molecule has 640 valence electrons. The topological polar surface area (TPSA) is 231 Å². The Bertz CT molecular complexity index is 2880. The van der Waals surface area contributed by atoms with Crippen LogP contribution in [0.1, 0.15) is 316 Å². The van der Waals surface area contributed by atoms with Gasteiger partial charge in [0.05, 0.1) is 26.4 Å². The zero-order valence-corrected chi connectivity index (χ0v) is 72.0. The summed E-state index contributed by atoms with van der Waals surface area (Å²) in [5.74, 6) is -1.62. The summed E-state index contributed by atoms with van der Waals surface area (Å²) in [5.41, 5.74) is 0. The molecule has 0 aromatic heterocycles. The molecule has 0 saturated carbocycles. The van der Waals surface area contributed by atoms with Gasteiger partial charge < -0.3 is 34.2 Å². The van der Waals surface area contributed by atoms with Crippen molar-refractivity contribution in [2.75, 3.05) is 39.6 Å². The number of ether oxygens (including phenoxy) is 3. The van der Waals surface area contributed by atoms with E-state index in [0.717, 1.165) is 205 Å². The molecule has 5 unspecified atom stereocenters. The van der Waals surface area contributed by atoms with E-state index in [1.807, 2.05) is 0 Å². The predicted molar refractivity (Wildman–Crippen MR) is 472 cm³/mol. The Balaban J connectivity index is 4.66. The molecule has 0 aliphatic rings. The molecule has 4 N–H and O–H groups in total. The molecule has 113 heavy (non-hydrogen) atoms. The van der Waals surface area contributed by atoms with Crippen LogP contribution in [0.2, 0.25) is 0 Å². The number of phosphoric ester groups is 2. The second kappa shape index (κ2) is 85.5. The fraction of sp³-hybridized carbons (Fsp3) is 0.611. The molecule has 0 bridgehead atoms. The van der Waals surface area contributed by atoms with Crippen LogP contribution in [0.4, 0.5) is 0 Å². The van der Waals surface area contributed by atoms with Crippen molar-refractivity contribution in [3.63, 3.8) is 0 Å². The second-order valence-corrected chi connectivity index (χ2v) is 31.1. The maximum Gasteiger partial charge on any atom is 0.472 e. The summed E-state index contributed by atoms with van der Waals surface area (Å²) in [4.78, 5) is 58.9. The van der Waals surface area contributed by atoms with Gasteiger partial charge in [-0.05, 0) is 167 Å². The molecule has 0 saturated heterocycles. The lowest BCUT2D eigenvalue weighted by Crippen LogP contribution is -2.30. The Morgan fingerprint density at radius 1 is 0.248 bits per heavy atom. The third kappa shape index (κ3) is 86.8. The minimum atomic E-state index is -4.96. The Morgan fingerprint density at radius 2 is 0.442 bits per heavy atom. The average molecular weight is 1610 g/mol. The van der Waals surface area contributed by atoms with E-state index < -0.39 is 91.5 Å². The minimum Gasteiger partial charge on any atom is -0.463 e. The number of hydrogen-bond donors (Lipinski definition) is 4. The van der Waals surface area contributed by atoms with Crippen LogP contribution in [0.15, 0.2) is 207 Å². The molecule has 16 nitrogen and oxygen atoms in total. The van der Waals surface area contributed by atoms with Gasteiger partial charge >= 0.3 is 33.6 Å². The normalized spacial score (nSPS) is 14.9. The van der Waals surface area contributed by atoms with Gasteiger partial charge in [0.2, 0.25) is 0 Å². The molecule has 0 amide bonds. The first-order valence-electron chi connectivity index (χ1n) is 43.4. The van der Waals surface area contributed by atoms with E-state index in [-0.39, 0.29) is 19.3 Å². The first kappa shape index (κ1) is 107. The molecule has 0 aromatic carbocycles. The lowest BCUT2D eigenvalue weighted by molar-refractivity contribution is -0.161. The number of aliphatic hydroxyl groups excluding tert-OH is 2. The van der Waals surface area contributed by atoms with Crippen molar-refractivity contribution in [1.29, 1.82) is 0 Å². The molecule has 0 fully saturated rings. The summed E-state index contributed by atoms with van der Waals surface area (Å²) in [6.07, 6.45) is 114. The lowest BCUT2D eigenvalue weighted by atomic mass is 10.0. The highest BCUT2D eigenvalue weighted by Gasteiger charge is 2.29. The summed E-state index contributed by atoms with van der Waals surface area (Å²) < 4.78 is 61.3. The number of carbonyl (C=O) groups is 3. The highest BCUT2D eigenvalue weighted by molar-refractivity contribution is 7.47. The third-order valence-electron chi connectivity index (χ3n) is 17.5. The summed E-state index contributed by atoms with van der Waals surface area (Å²) in [6.45, 7) is 2.29. The smallest absolute Gasteiger partial charge is 0.463 e. The van der Waals surface area contributed by atoms with Gasteiger partial charge in [0.1, 0.15) is 25.4 Å². The molecule has 0 heterocycles. The van der Waals surface area contributed by atoms with Crippen molar-refractivity contribution in [2.24, 2.45) is 0 Å². The van der Waals surface area contributed by atoms with Gasteiger partial charge in [0, 0.05) is 19.3 Å². The number of allylic oxidation sites excluding steroid dienone is 34. The number of rotatable bonds is 80. The van der Waals surface area contributed by atoms with E-state index in [9.17, 15) is 43.5 Å². The average Bonchev–Trinajstić information content (AvgIpc) is 0.900. The molecule has 0 aliphatic heterocycles. The first-order valence-corrected chi connectivity index (χ1v) is 46.4. The van der Waals surface area contributed by atoms with Gasteiger partial charge in [-0.2, -0.15) is 0 Å². The predicted octanol–water partition coefficient (Wildman–Crippen LogP) is 26.4. The van der Waals surface area contributed by atoms with Crippen molar-refractivity contribution in [3.8, 4) is 0 Å². The molecule has 0 rings (SSSR count). The van der Waals surface area contributed by atoms with Gasteiger partial charge in [0.25, 0.3) is 0 Å². The van der Waals surface area contributed by atoms with Crippen LogP contribution in [0.25, 0.3) is 0 Å². The first-order chi connectivity index (χ1) is 55.2. The Labute approximate surface area is 686 Å². The quantitative estimate of drug-likeness (QED) is 0.0146. The van der Waals surface area contributed by atoms with Crippen molar-refractivity contribution in [2.45, 2.75) is 334 Å². The maximum atomic E-state index is 13.0. The van der Waals surface area contributed by atoms with E-state index in [1.165, 1.54) is 51.4 Å². The Morgan fingerprint density at radius 3 is 0.699 bits per heavy atom. The number of phosphoric acid groups is 2. The Hall–Kier alpha value is -5.87. The summed E-state index contributed by atoms with van der Waals surface area (Å²) in [6, 6.07) is 0. The SMILES string of the molecule is CC/C=C\C/C=C\C/C=C\C/C=C\C/C=C\C/C=C\CCCCCCCCCCCCCCC(=O)OCC(O)COP(=O)(O)OCC(O)COP(=O)(O)OCC(COC(=O)CCCCCCCC/C=C\C/C=C\C/C=C\C/C=C\C/C=C\C/C=C\CC)OC(=O)CCCCCCC/C=C\C/C=C\C/C=C\C/C=C\C/C=C\CC. The van der Waals surface area contributed by atoms with Crippen molar-refractivity contribution >= 4 is 33.6 Å². The van der Waals surface area contributed by atoms with Crippen LogP contribution in [-0.4, -0.2) is 95.9 Å². The molecular weight excluding hydrogens is 1460 g/mol. The van der Waals surface area contributed by atoms with Crippen LogP contribution in [0, 0.1) is 0 Å². The van der Waals surface area contributed by atoms with Crippen LogP contribution < -0.4 is 0 Å². The van der Waals surface area contributed by atoms with E-state index >= 15 is 0 Å². The number of aliphatic hydroxyl groups is 2. The highest BCUT2D eigenvalue weighted by atomic mass is 31.2. The minimum absolute atomic E-state index is 0.0706. The van der Waals surface area contributed by atoms with Crippen molar-refractivity contribution in [3.05, 3.63) is 207 Å². The number of esters is 3. The Kier molecular flexibility index (Phi) is 81.1. The molecule has 5 atom stereocenters. The number of unbranched alkanes of at least 4 members (excludes halogenated alkanes) is 23. The standard InChI is InChI=1S/C95H154O16P2/c1-4-7-10-13-16-19-22-25-28-31-34-37-39-41-42-43-44-45-46-48-50-52-54-57-60-63-66-69-72-75-78-81-93(98)105-84-90(96)85-107-112(101,102)108-86-91(97)87-109-113(103,104)110-89-92(111-95(100)83-80-77-74-71-68-65-62-59-56-51-36-33-30-27-24-21-18-15-12-9-6-3)88-106-94(99)82-79-76-73-70-67-64-61-58-55-53-49-47-40-38-35-32-29-26-23-20-17-14-11-8-5-2/h7-12,16-21,25-30,34-38,41-42,44-45,47,49,51,55,58-59,62,90-92,96-97H,4-6,13-15,22-24,31-33,39-40,43,46,48,50,52-54,56-57,60-61,63-89H2,1-3H3,(H,101,102)(H,103,104)/b10-7-,11-8-,12-9-,19-16-,20-17-,21-18-,28-25-,29-26-,30-27-,37-34-,38-35-,42-41-,45-44-,49-47-,51-36-,58-55-,62-59-. The summed E-state index contributed by atoms with van der Waals surface area (Å²) in [5, 5.41) is 20.7. The van der Waals surface area contributed by atoms with Gasteiger partial charge in [0.15, 0.2) is 6.10 Å². The molecule has 18 heteroatoms. The zero-order chi connectivity index (χ0) is 82.2. The van der Waals surface area contributed by atoms with Gasteiger partial charge in [-0.15, -0.1) is 0 Å². The fourth-order valence-electron chi connectivity index (χ4n) is 11.0. The molecule has 0 radical (unpaired) electrons. The maximum absolute atomic E-state index is 13.0. The number of hydrogen-bond acceptors (Lipinski definition) is 14. The molecular formula is C95H154O16P2. The molecule has 0 aromatic rings. The van der Waals surface area contributed by atoms with Crippen LogP contribution in [-0.2, 0) is 55.8 Å². The monoisotopic (exact) mass is 1610 g/mol. The highest BCUT2D eigenvalue weighted by Crippen LogP contribution is 2.45. The van der Waals surface area contributed by atoms with Gasteiger partial charge in [-0.1, -0.05) is 337 Å². The van der Waals surface area contributed by atoms with Crippen LogP contribution in [0.5, 0.6) is 0 Å². The second-order valence-electron chi connectivity index (χ2n) is 28.2. The van der Waals surface area contributed by atoms with Crippen LogP contribution >= 0.6 is 15.6 Å². The molecule has 0 spiro atoms. The zero-order valence-electron chi connectivity index (χ0n) is 70.2. The fourth-order valence-corrected chi connectivity index (χ4v) is 12.6. The largest absolute Gasteiger partial charge is 0.472 e.